The number of hydrogen-bond donors (Lipinski definition) is 0. The van der Waals surface area contributed by atoms with Gasteiger partial charge in [-0.1, -0.05) is 233 Å². The zero-order valence-electron chi connectivity index (χ0n) is 36.5. The molecule has 0 saturated carbocycles. The molecule has 0 rings (SSSR count). The lowest BCUT2D eigenvalue weighted by Crippen LogP contribution is -2.30. The third-order valence-corrected chi connectivity index (χ3v) is 10.9. The number of ether oxygens (including phenoxy) is 3. The van der Waals surface area contributed by atoms with E-state index in [9.17, 15) is 14.4 Å². The molecule has 0 saturated heterocycles. The van der Waals surface area contributed by atoms with E-state index >= 15 is 0 Å². The Balaban J connectivity index is 4.18. The van der Waals surface area contributed by atoms with Gasteiger partial charge in [-0.05, 0) is 19.3 Å². The summed E-state index contributed by atoms with van der Waals surface area (Å²) in [7, 11) is 0. The van der Waals surface area contributed by atoms with Crippen molar-refractivity contribution in [1.29, 1.82) is 0 Å². The van der Waals surface area contributed by atoms with Crippen LogP contribution in [0.4, 0.5) is 0 Å². The average molecular weight is 765 g/mol. The molecule has 0 aromatic carbocycles. The SMILES string of the molecule is CCCCCCCCCCCCCCCCCCCCC(=O)OCC(COC(=O)CCCCCCCCCC)OC(=O)CCCCCCCCCCCC. The maximum atomic E-state index is 12.7. The van der Waals surface area contributed by atoms with Crippen LogP contribution in [0, 0.1) is 0 Å². The summed E-state index contributed by atoms with van der Waals surface area (Å²) >= 11 is 0. The molecular weight excluding hydrogens is 673 g/mol. The topological polar surface area (TPSA) is 78.9 Å². The molecule has 1 unspecified atom stereocenters. The van der Waals surface area contributed by atoms with Gasteiger partial charge in [0.15, 0.2) is 6.10 Å². The third-order valence-electron chi connectivity index (χ3n) is 10.9. The van der Waals surface area contributed by atoms with Gasteiger partial charge in [0, 0.05) is 19.3 Å². The second kappa shape index (κ2) is 44.1. The minimum atomic E-state index is -0.757. The van der Waals surface area contributed by atoms with Crippen molar-refractivity contribution in [2.24, 2.45) is 0 Å². The normalized spacial score (nSPS) is 11.8. The van der Waals surface area contributed by atoms with Crippen molar-refractivity contribution >= 4 is 17.9 Å². The van der Waals surface area contributed by atoms with Crippen molar-refractivity contribution in [3.05, 3.63) is 0 Å². The number of rotatable bonds is 44. The Morgan fingerprint density at radius 3 is 0.741 bits per heavy atom. The van der Waals surface area contributed by atoms with Crippen LogP contribution >= 0.6 is 0 Å². The van der Waals surface area contributed by atoms with Crippen molar-refractivity contribution in [2.75, 3.05) is 13.2 Å². The van der Waals surface area contributed by atoms with Gasteiger partial charge >= 0.3 is 17.9 Å². The van der Waals surface area contributed by atoms with Crippen LogP contribution in [0.3, 0.4) is 0 Å². The largest absolute Gasteiger partial charge is 0.462 e. The predicted molar refractivity (Wildman–Crippen MR) is 229 cm³/mol. The molecule has 6 nitrogen and oxygen atoms in total. The first-order valence-corrected chi connectivity index (χ1v) is 24.0. The highest BCUT2D eigenvalue weighted by molar-refractivity contribution is 5.71. The van der Waals surface area contributed by atoms with E-state index in [4.69, 9.17) is 14.2 Å². The first-order valence-electron chi connectivity index (χ1n) is 24.0. The molecule has 54 heavy (non-hydrogen) atoms. The summed E-state index contributed by atoms with van der Waals surface area (Å²) in [5.41, 5.74) is 0. The quantitative estimate of drug-likeness (QED) is 0.0349. The van der Waals surface area contributed by atoms with E-state index in [0.29, 0.717) is 19.3 Å². The maximum absolute atomic E-state index is 12.7. The molecule has 0 heterocycles. The molecule has 1 atom stereocenters. The first kappa shape index (κ1) is 52.4. The molecule has 0 aromatic heterocycles. The minimum Gasteiger partial charge on any atom is -0.462 e. The number of carbonyl (C=O) groups is 3. The van der Waals surface area contributed by atoms with Crippen LogP contribution in [0.2, 0.25) is 0 Å². The monoisotopic (exact) mass is 765 g/mol. The molecule has 0 fully saturated rings. The van der Waals surface area contributed by atoms with Crippen molar-refractivity contribution in [1.82, 2.24) is 0 Å². The summed E-state index contributed by atoms with van der Waals surface area (Å²) in [5.74, 6) is -0.854. The molecule has 0 aromatic rings. The van der Waals surface area contributed by atoms with Crippen molar-refractivity contribution in [2.45, 2.75) is 277 Å². The van der Waals surface area contributed by atoms with Gasteiger partial charge in [-0.2, -0.15) is 0 Å². The molecule has 0 N–H and O–H groups in total. The second-order valence-corrected chi connectivity index (χ2v) is 16.4. The molecule has 0 aliphatic rings. The second-order valence-electron chi connectivity index (χ2n) is 16.4. The maximum Gasteiger partial charge on any atom is 0.306 e. The van der Waals surface area contributed by atoms with Crippen LogP contribution in [0.25, 0.3) is 0 Å². The van der Waals surface area contributed by atoms with E-state index in [2.05, 4.69) is 20.8 Å². The third kappa shape index (κ3) is 41.6. The Morgan fingerprint density at radius 2 is 0.500 bits per heavy atom. The van der Waals surface area contributed by atoms with E-state index in [-0.39, 0.29) is 31.1 Å². The highest BCUT2D eigenvalue weighted by Gasteiger charge is 2.19. The van der Waals surface area contributed by atoms with Gasteiger partial charge in [0.2, 0.25) is 0 Å². The van der Waals surface area contributed by atoms with E-state index in [1.807, 2.05) is 0 Å². The molecule has 0 bridgehead atoms. The van der Waals surface area contributed by atoms with Gasteiger partial charge in [-0.3, -0.25) is 14.4 Å². The van der Waals surface area contributed by atoms with Crippen LogP contribution in [-0.2, 0) is 28.6 Å². The Kier molecular flexibility index (Phi) is 42.8. The minimum absolute atomic E-state index is 0.0628. The van der Waals surface area contributed by atoms with Gasteiger partial charge in [0.1, 0.15) is 13.2 Å². The van der Waals surface area contributed by atoms with Crippen LogP contribution in [-0.4, -0.2) is 37.2 Å². The summed E-state index contributed by atoms with van der Waals surface area (Å²) in [4.78, 5) is 37.6. The predicted octanol–water partition coefficient (Wildman–Crippen LogP) is 15.3. The fraction of sp³-hybridized carbons (Fsp3) is 0.938. The van der Waals surface area contributed by atoms with Crippen molar-refractivity contribution < 1.29 is 28.6 Å². The highest BCUT2D eigenvalue weighted by atomic mass is 16.6. The zero-order chi connectivity index (χ0) is 39.4. The molecular formula is C48H92O6. The Hall–Kier alpha value is -1.59. The number of unbranched alkanes of at least 4 members (excludes halogenated alkanes) is 33. The van der Waals surface area contributed by atoms with Gasteiger partial charge in [0.25, 0.3) is 0 Å². The van der Waals surface area contributed by atoms with Gasteiger partial charge < -0.3 is 14.2 Å². The van der Waals surface area contributed by atoms with E-state index in [1.54, 1.807) is 0 Å². The van der Waals surface area contributed by atoms with Crippen LogP contribution in [0.5, 0.6) is 0 Å². The zero-order valence-corrected chi connectivity index (χ0v) is 36.5. The van der Waals surface area contributed by atoms with E-state index < -0.39 is 6.10 Å². The van der Waals surface area contributed by atoms with Crippen LogP contribution < -0.4 is 0 Å². The smallest absolute Gasteiger partial charge is 0.306 e. The van der Waals surface area contributed by atoms with E-state index in [0.717, 1.165) is 57.8 Å². The van der Waals surface area contributed by atoms with Crippen LogP contribution in [0.15, 0.2) is 0 Å². The van der Waals surface area contributed by atoms with Gasteiger partial charge in [0.05, 0.1) is 0 Å². The summed E-state index contributed by atoms with van der Waals surface area (Å²) in [6, 6.07) is 0. The summed E-state index contributed by atoms with van der Waals surface area (Å²) in [5, 5.41) is 0. The fourth-order valence-electron chi connectivity index (χ4n) is 7.21. The Morgan fingerprint density at radius 1 is 0.296 bits per heavy atom. The number of esters is 3. The standard InChI is InChI=1S/C48H92O6/c1-4-7-10-13-16-19-21-22-23-24-25-26-27-28-30-32-35-38-41-47(50)53-44-45(43-52-46(49)40-37-34-31-18-15-12-9-6-3)54-48(51)42-39-36-33-29-20-17-14-11-8-5-2/h45H,4-44H2,1-3H3. The molecule has 0 aliphatic carbocycles. The fourth-order valence-corrected chi connectivity index (χ4v) is 7.21. The van der Waals surface area contributed by atoms with Crippen molar-refractivity contribution in [3.63, 3.8) is 0 Å². The highest BCUT2D eigenvalue weighted by Crippen LogP contribution is 2.16. The molecule has 0 aliphatic heterocycles. The van der Waals surface area contributed by atoms with Crippen LogP contribution in [0.1, 0.15) is 271 Å². The Labute approximate surface area is 336 Å². The van der Waals surface area contributed by atoms with Gasteiger partial charge in [-0.25, -0.2) is 0 Å². The molecule has 0 amide bonds. The van der Waals surface area contributed by atoms with Crippen molar-refractivity contribution in [3.8, 4) is 0 Å². The summed E-state index contributed by atoms with van der Waals surface area (Å²) in [6.07, 6.45) is 45.2. The first-order chi connectivity index (χ1) is 26.5. The molecule has 0 radical (unpaired) electrons. The average Bonchev–Trinajstić information content (AvgIpc) is 3.17. The number of carbonyl (C=O) groups excluding carboxylic acids is 3. The molecule has 0 spiro atoms. The molecule has 320 valence electrons. The Bertz CT molecular complexity index is 798. The lowest BCUT2D eigenvalue weighted by molar-refractivity contribution is -0.167. The summed E-state index contributed by atoms with van der Waals surface area (Å²) < 4.78 is 16.7. The lowest BCUT2D eigenvalue weighted by Gasteiger charge is -2.18. The van der Waals surface area contributed by atoms with E-state index in [1.165, 1.54) is 173 Å². The summed E-state index contributed by atoms with van der Waals surface area (Å²) in [6.45, 7) is 6.63. The molecule has 6 heteroatoms. The van der Waals surface area contributed by atoms with Gasteiger partial charge in [-0.15, -0.1) is 0 Å². The number of hydrogen-bond acceptors (Lipinski definition) is 6. The lowest BCUT2D eigenvalue weighted by atomic mass is 10.0.